The fourth-order valence-corrected chi connectivity index (χ4v) is 4.10. The summed E-state index contributed by atoms with van der Waals surface area (Å²) in [6, 6.07) is 9.75. The van der Waals surface area contributed by atoms with Crippen LogP contribution in [0.2, 0.25) is 29.9 Å². The number of nitrogens with zero attached hydrogens (tertiary/aromatic N) is 2. The van der Waals surface area contributed by atoms with Crippen LogP contribution in [0.25, 0.3) is 0 Å². The fourth-order valence-electron chi connectivity index (χ4n) is 2.47. The summed E-state index contributed by atoms with van der Waals surface area (Å²) in [5, 5.41) is 1.01. The van der Waals surface area contributed by atoms with Crippen LogP contribution in [0.4, 0.5) is 0 Å². The smallest absolute Gasteiger partial charge is 0.222 e. The molecule has 0 aliphatic carbocycles. The van der Waals surface area contributed by atoms with Crippen molar-refractivity contribution in [3.8, 4) is 0 Å². The molecule has 0 saturated heterocycles. The number of hydrogen-bond acceptors (Lipinski definition) is 3. The maximum absolute atomic E-state index is 6.08. The molecule has 1 aromatic carbocycles. The Morgan fingerprint density at radius 1 is 1.04 bits per heavy atom. The molecular formula is C17H22Cl2N2OSi. The lowest BCUT2D eigenvalue weighted by Gasteiger charge is -2.23. The van der Waals surface area contributed by atoms with Crippen LogP contribution in [0.3, 0.4) is 0 Å². The monoisotopic (exact) mass is 368 g/mol. The first-order chi connectivity index (χ1) is 10.7. The Labute approximate surface area is 149 Å². The lowest BCUT2D eigenvalue weighted by atomic mass is 10.1. The highest BCUT2D eigenvalue weighted by atomic mass is 35.5. The summed E-state index contributed by atoms with van der Waals surface area (Å²) < 4.78 is 6.07. The first kappa shape index (κ1) is 18.4. The zero-order valence-corrected chi connectivity index (χ0v) is 16.4. The van der Waals surface area contributed by atoms with Gasteiger partial charge in [0.05, 0.1) is 0 Å². The lowest BCUT2D eigenvalue weighted by Crippen LogP contribution is -2.31. The minimum absolute atomic E-state index is 0.121. The second-order valence-corrected chi connectivity index (χ2v) is 11.9. The molecule has 0 radical (unpaired) electrons. The van der Waals surface area contributed by atoms with Gasteiger partial charge in [-0.15, -0.1) is 0 Å². The van der Waals surface area contributed by atoms with Crippen molar-refractivity contribution in [2.75, 3.05) is 0 Å². The topological polar surface area (TPSA) is 35.0 Å². The molecule has 0 aliphatic rings. The summed E-state index contributed by atoms with van der Waals surface area (Å²) in [4.78, 5) is 8.65. The maximum Gasteiger partial charge on any atom is 0.222 e. The highest BCUT2D eigenvalue weighted by Gasteiger charge is 2.19. The van der Waals surface area contributed by atoms with E-state index in [1.807, 2.05) is 30.3 Å². The van der Waals surface area contributed by atoms with Crippen LogP contribution in [0.5, 0.6) is 0 Å². The van der Waals surface area contributed by atoms with E-state index < -0.39 is 8.32 Å². The second-order valence-electron chi connectivity index (χ2n) is 6.67. The van der Waals surface area contributed by atoms with Gasteiger partial charge in [-0.05, 0) is 61.9 Å². The van der Waals surface area contributed by atoms with E-state index in [1.165, 1.54) is 0 Å². The van der Waals surface area contributed by atoms with Gasteiger partial charge < -0.3 is 4.43 Å². The van der Waals surface area contributed by atoms with Gasteiger partial charge in [0.2, 0.25) is 5.28 Å². The Bertz CT molecular complexity index is 657. The predicted molar refractivity (Wildman–Crippen MR) is 98.9 cm³/mol. The van der Waals surface area contributed by atoms with Crippen LogP contribution in [0.1, 0.15) is 23.9 Å². The van der Waals surface area contributed by atoms with E-state index in [0.29, 0.717) is 6.42 Å². The molecule has 2 aromatic rings. The van der Waals surface area contributed by atoms with Crippen molar-refractivity contribution in [1.29, 1.82) is 0 Å². The molecule has 6 heteroatoms. The van der Waals surface area contributed by atoms with E-state index in [-0.39, 0.29) is 11.4 Å². The summed E-state index contributed by atoms with van der Waals surface area (Å²) in [7, 11) is -1.56. The third-order valence-electron chi connectivity index (χ3n) is 3.15. The summed E-state index contributed by atoms with van der Waals surface area (Å²) in [5.74, 6) is 0. The molecule has 1 heterocycles. The third kappa shape index (κ3) is 6.59. The van der Waals surface area contributed by atoms with Gasteiger partial charge in [-0.2, -0.15) is 0 Å². The molecule has 1 aromatic heterocycles. The minimum Gasteiger partial charge on any atom is -0.415 e. The van der Waals surface area contributed by atoms with E-state index in [1.54, 1.807) is 0 Å². The molecule has 0 fully saturated rings. The molecule has 1 atom stereocenters. The molecule has 23 heavy (non-hydrogen) atoms. The SMILES string of the molecule is CC(Cc1cc(Cc2ccc(Cl)cc2)nc(Cl)n1)O[Si](C)(C)C. The summed E-state index contributed by atoms with van der Waals surface area (Å²) >= 11 is 12.0. The van der Waals surface area contributed by atoms with Gasteiger partial charge >= 0.3 is 0 Å². The minimum atomic E-state index is -1.56. The van der Waals surface area contributed by atoms with Crippen LogP contribution in [-0.2, 0) is 17.3 Å². The Morgan fingerprint density at radius 3 is 2.26 bits per heavy atom. The quantitative estimate of drug-likeness (QED) is 0.521. The van der Waals surface area contributed by atoms with Gasteiger partial charge in [0.25, 0.3) is 0 Å². The van der Waals surface area contributed by atoms with Crippen LogP contribution in [0, 0.1) is 0 Å². The van der Waals surface area contributed by atoms with Gasteiger partial charge in [-0.25, -0.2) is 9.97 Å². The molecule has 2 rings (SSSR count). The predicted octanol–water partition coefficient (Wildman–Crippen LogP) is 5.16. The molecule has 0 N–H and O–H groups in total. The molecule has 1 unspecified atom stereocenters. The van der Waals surface area contributed by atoms with Crippen molar-refractivity contribution in [3.05, 3.63) is 57.6 Å². The van der Waals surface area contributed by atoms with Crippen molar-refractivity contribution in [3.63, 3.8) is 0 Å². The Hall–Kier alpha value is -0.943. The first-order valence-electron chi connectivity index (χ1n) is 7.66. The number of hydrogen-bond donors (Lipinski definition) is 0. The third-order valence-corrected chi connectivity index (χ3v) is 4.69. The van der Waals surface area contributed by atoms with Gasteiger partial charge in [0, 0.05) is 35.4 Å². The van der Waals surface area contributed by atoms with Crippen LogP contribution >= 0.6 is 23.2 Å². The second kappa shape index (κ2) is 7.75. The van der Waals surface area contributed by atoms with E-state index >= 15 is 0 Å². The molecule has 0 saturated carbocycles. The van der Waals surface area contributed by atoms with Gasteiger partial charge in [-0.3, -0.25) is 0 Å². The summed E-state index contributed by atoms with van der Waals surface area (Å²) in [6.07, 6.45) is 1.56. The standard InChI is InChI=1S/C17H22Cl2N2OSi/c1-12(22-23(2,3)4)9-15-11-16(21-17(19)20-15)10-13-5-7-14(18)8-6-13/h5-8,11-12H,9-10H2,1-4H3. The Morgan fingerprint density at radius 2 is 1.65 bits per heavy atom. The number of benzene rings is 1. The molecule has 124 valence electrons. The lowest BCUT2D eigenvalue weighted by molar-refractivity contribution is 0.213. The summed E-state index contributed by atoms with van der Waals surface area (Å²) in [6.45, 7) is 8.63. The van der Waals surface area contributed by atoms with Crippen molar-refractivity contribution >= 4 is 31.5 Å². The highest BCUT2D eigenvalue weighted by molar-refractivity contribution is 6.69. The van der Waals surface area contributed by atoms with Crippen molar-refractivity contribution in [1.82, 2.24) is 9.97 Å². The average Bonchev–Trinajstić information content (AvgIpc) is 2.38. The van der Waals surface area contributed by atoms with E-state index in [0.717, 1.165) is 28.4 Å². The van der Waals surface area contributed by atoms with Crippen LogP contribution in [0.15, 0.2) is 30.3 Å². The van der Waals surface area contributed by atoms with Crippen molar-refractivity contribution < 1.29 is 4.43 Å². The molecule has 0 aliphatic heterocycles. The van der Waals surface area contributed by atoms with Crippen molar-refractivity contribution in [2.45, 2.75) is 45.5 Å². The fraction of sp³-hybridized carbons (Fsp3) is 0.412. The Balaban J connectivity index is 2.10. The van der Waals surface area contributed by atoms with Gasteiger partial charge in [-0.1, -0.05) is 23.7 Å². The Kier molecular flexibility index (Phi) is 6.20. The molecular weight excluding hydrogens is 347 g/mol. The zero-order chi connectivity index (χ0) is 17.0. The molecule has 0 amide bonds. The number of halogens is 2. The van der Waals surface area contributed by atoms with Gasteiger partial charge in [0.1, 0.15) is 0 Å². The van der Waals surface area contributed by atoms with E-state index in [4.69, 9.17) is 27.6 Å². The summed E-state index contributed by atoms with van der Waals surface area (Å²) in [5.41, 5.74) is 2.96. The molecule has 0 spiro atoms. The molecule has 3 nitrogen and oxygen atoms in total. The maximum atomic E-state index is 6.08. The van der Waals surface area contributed by atoms with E-state index in [2.05, 4.69) is 36.5 Å². The number of aromatic nitrogens is 2. The van der Waals surface area contributed by atoms with Crippen LogP contribution < -0.4 is 0 Å². The average molecular weight is 369 g/mol. The van der Waals surface area contributed by atoms with Crippen molar-refractivity contribution in [2.24, 2.45) is 0 Å². The zero-order valence-electron chi connectivity index (χ0n) is 13.9. The highest BCUT2D eigenvalue weighted by Crippen LogP contribution is 2.16. The van der Waals surface area contributed by atoms with E-state index in [9.17, 15) is 0 Å². The van der Waals surface area contributed by atoms with Crippen LogP contribution in [-0.4, -0.2) is 24.4 Å². The first-order valence-corrected chi connectivity index (χ1v) is 11.8. The van der Waals surface area contributed by atoms with Gasteiger partial charge in [0.15, 0.2) is 8.32 Å². The largest absolute Gasteiger partial charge is 0.415 e. The normalized spacial score (nSPS) is 13.1. The molecule has 0 bridgehead atoms. The number of rotatable bonds is 6.